The largest absolute Gasteiger partial charge is 0.519 e. The standard InChI is InChI=1S/C14H19NO.C14H17NO.C12H21NO3.C10H18O5/c2*16-14-12-6-7-13(14)10-15(9-12)8-11-4-2-1-3-5-11;1-12(2,3)16-11(15)13-6-8-4-5-9(7-13)10(8)14;1-9(2,3)14-7(11)13-8(12)15-10(4,5)6/h1-5,12-14,16H,6-10H2;1-5,12-13H,6-10H2;8-10,14H,4-7H2,1-3H3;1-6H3. The highest BCUT2D eigenvalue weighted by Crippen LogP contribution is 2.38. The molecule has 8 rings (SSSR count). The zero-order valence-electron chi connectivity index (χ0n) is 39.3. The summed E-state index contributed by atoms with van der Waals surface area (Å²) in [6, 6.07) is 21.2. The Morgan fingerprint density at radius 3 is 1.24 bits per heavy atom. The van der Waals surface area contributed by atoms with Gasteiger partial charge < -0.3 is 34.1 Å². The number of rotatable bonds is 4. The third-order valence-corrected chi connectivity index (χ3v) is 12.4. The summed E-state index contributed by atoms with van der Waals surface area (Å²) in [5.41, 5.74) is 0.916. The molecule has 6 unspecified atom stereocenters. The van der Waals surface area contributed by atoms with Crippen molar-refractivity contribution in [1.29, 1.82) is 0 Å². The molecule has 1 amide bonds. The number of carbonyl (C=O) groups excluding carboxylic acids is 4. The summed E-state index contributed by atoms with van der Waals surface area (Å²) < 4.78 is 19.1. The topological polar surface area (TPSA) is 155 Å². The van der Waals surface area contributed by atoms with Crippen LogP contribution in [0.4, 0.5) is 14.4 Å². The van der Waals surface area contributed by atoms with Crippen molar-refractivity contribution in [2.75, 3.05) is 39.3 Å². The van der Waals surface area contributed by atoms with Gasteiger partial charge in [0.1, 0.15) is 22.6 Å². The number of carbonyl (C=O) groups is 4. The predicted molar refractivity (Wildman–Crippen MR) is 240 cm³/mol. The van der Waals surface area contributed by atoms with Crippen LogP contribution in [0, 0.1) is 35.5 Å². The van der Waals surface area contributed by atoms with Gasteiger partial charge in [0, 0.05) is 76.0 Å². The maximum atomic E-state index is 11.9. The van der Waals surface area contributed by atoms with E-state index in [1.807, 2.05) is 26.8 Å². The monoisotopic (exact) mass is 878 g/mol. The van der Waals surface area contributed by atoms with E-state index in [1.165, 1.54) is 24.0 Å². The van der Waals surface area contributed by atoms with Crippen molar-refractivity contribution in [3.05, 3.63) is 71.8 Å². The maximum absolute atomic E-state index is 11.9. The molecule has 2 aromatic carbocycles. The molecule has 0 spiro atoms. The Kier molecular flexibility index (Phi) is 17.3. The lowest BCUT2D eigenvalue weighted by atomic mass is 9.95. The SMILES string of the molecule is CC(C)(C)OC(=O)N1CC2CCC(C1)C2O.CC(C)(C)OC(=O)OC(=O)OC(C)(C)C.O=C1C2CCC1CN(Cc1ccccc1)C2.OC1C2CCC1CN(Cc1ccccc1)C2. The molecule has 0 aromatic heterocycles. The highest BCUT2D eigenvalue weighted by molar-refractivity contribution is 5.86. The van der Waals surface area contributed by atoms with E-state index in [4.69, 9.17) is 14.2 Å². The van der Waals surface area contributed by atoms with Crippen LogP contribution in [0.5, 0.6) is 0 Å². The molecule has 3 saturated heterocycles. The van der Waals surface area contributed by atoms with Crippen molar-refractivity contribution in [3.8, 4) is 0 Å². The number of fused-ring (bicyclic) bond motifs is 6. The second-order valence-corrected chi connectivity index (χ2v) is 21.3. The normalized spacial score (nSPS) is 27.7. The Hall–Kier alpha value is -4.04. The number of ether oxygens (including phenoxy) is 4. The van der Waals surface area contributed by atoms with Crippen molar-refractivity contribution in [1.82, 2.24) is 14.7 Å². The fraction of sp³-hybridized carbons (Fsp3) is 0.680. The fourth-order valence-corrected chi connectivity index (χ4v) is 9.59. The summed E-state index contributed by atoms with van der Waals surface area (Å²) in [6.07, 6.45) is 4.16. The molecule has 3 heterocycles. The van der Waals surface area contributed by atoms with Gasteiger partial charge in [0.2, 0.25) is 0 Å². The second kappa shape index (κ2) is 21.8. The van der Waals surface area contributed by atoms with Gasteiger partial charge in [0.15, 0.2) is 0 Å². The third kappa shape index (κ3) is 16.2. The number of hydrogen-bond donors (Lipinski definition) is 2. The lowest BCUT2D eigenvalue weighted by Crippen LogP contribution is -2.48. The Bertz CT molecular complexity index is 1720. The number of Topliss-reactive ketones (excluding diaryl/α,β-unsaturated/α-hetero) is 1. The Labute approximate surface area is 375 Å². The molecule has 6 bridgehead atoms. The van der Waals surface area contributed by atoms with E-state index < -0.39 is 29.1 Å². The summed E-state index contributed by atoms with van der Waals surface area (Å²) in [5.74, 6) is 2.77. The van der Waals surface area contributed by atoms with Gasteiger partial charge >= 0.3 is 18.4 Å². The van der Waals surface area contributed by atoms with Crippen LogP contribution in [0.1, 0.15) is 112 Å². The molecular formula is C50H75N3O10. The summed E-state index contributed by atoms with van der Waals surface area (Å²) >= 11 is 0. The fourth-order valence-electron chi connectivity index (χ4n) is 9.59. The number of aliphatic hydroxyl groups is 2. The molecule has 3 saturated carbocycles. The van der Waals surface area contributed by atoms with Gasteiger partial charge in [-0.2, -0.15) is 0 Å². The molecule has 6 fully saturated rings. The van der Waals surface area contributed by atoms with Crippen LogP contribution in [0.15, 0.2) is 60.7 Å². The minimum absolute atomic E-state index is 0.0213. The summed E-state index contributed by atoms with van der Waals surface area (Å²) in [7, 11) is 0. The van der Waals surface area contributed by atoms with E-state index in [9.17, 15) is 29.4 Å². The zero-order chi connectivity index (χ0) is 46.1. The first-order chi connectivity index (χ1) is 29.5. The van der Waals surface area contributed by atoms with E-state index in [0.717, 1.165) is 65.0 Å². The van der Waals surface area contributed by atoms with Gasteiger partial charge in [-0.15, -0.1) is 0 Å². The number of aliphatic hydroxyl groups excluding tert-OH is 2. The maximum Gasteiger partial charge on any atom is 0.519 e. The first kappa shape index (κ1) is 50.0. The average Bonchev–Trinajstić information content (AvgIpc) is 3.58. The highest BCUT2D eigenvalue weighted by Gasteiger charge is 2.44. The van der Waals surface area contributed by atoms with Crippen LogP contribution >= 0.6 is 0 Å². The Balaban J connectivity index is 0.000000158. The molecule has 0 radical (unpaired) electrons. The van der Waals surface area contributed by atoms with Gasteiger partial charge in [-0.05, 0) is 124 Å². The van der Waals surface area contributed by atoms with Gasteiger partial charge in [0.05, 0.1) is 12.2 Å². The molecule has 2 aromatic rings. The van der Waals surface area contributed by atoms with Crippen LogP contribution in [-0.2, 0) is 36.8 Å². The second-order valence-electron chi connectivity index (χ2n) is 21.3. The molecule has 63 heavy (non-hydrogen) atoms. The van der Waals surface area contributed by atoms with E-state index in [2.05, 4.69) is 69.1 Å². The number of piperidine rings is 3. The smallest absolute Gasteiger partial charge is 0.444 e. The summed E-state index contributed by atoms with van der Waals surface area (Å²) in [4.78, 5) is 52.3. The summed E-state index contributed by atoms with van der Waals surface area (Å²) in [6.45, 7) is 23.1. The molecule has 2 N–H and O–H groups in total. The summed E-state index contributed by atoms with van der Waals surface area (Å²) in [5, 5.41) is 19.8. The van der Waals surface area contributed by atoms with Gasteiger partial charge in [-0.3, -0.25) is 14.6 Å². The number of likely N-dealkylation sites (tertiary alicyclic amines) is 3. The van der Waals surface area contributed by atoms with Gasteiger partial charge in [-0.25, -0.2) is 14.4 Å². The van der Waals surface area contributed by atoms with Gasteiger partial charge in [0.25, 0.3) is 0 Å². The van der Waals surface area contributed by atoms with Crippen molar-refractivity contribution >= 4 is 24.2 Å². The molecule has 3 aliphatic heterocycles. The third-order valence-electron chi connectivity index (χ3n) is 12.4. The van der Waals surface area contributed by atoms with Crippen LogP contribution in [0.25, 0.3) is 0 Å². The molecule has 3 aliphatic carbocycles. The first-order valence-corrected chi connectivity index (χ1v) is 23.1. The van der Waals surface area contributed by atoms with E-state index >= 15 is 0 Å². The van der Waals surface area contributed by atoms with E-state index in [0.29, 0.717) is 42.5 Å². The minimum Gasteiger partial charge on any atom is -0.444 e. The van der Waals surface area contributed by atoms with Crippen molar-refractivity contribution < 1.29 is 48.3 Å². The van der Waals surface area contributed by atoms with Crippen molar-refractivity contribution in [2.24, 2.45) is 35.5 Å². The molecule has 6 aliphatic rings. The highest BCUT2D eigenvalue weighted by atomic mass is 16.8. The first-order valence-electron chi connectivity index (χ1n) is 23.1. The van der Waals surface area contributed by atoms with E-state index in [1.54, 1.807) is 46.4 Å². The van der Waals surface area contributed by atoms with Gasteiger partial charge in [-0.1, -0.05) is 60.7 Å². The Morgan fingerprint density at radius 2 is 0.873 bits per heavy atom. The molecule has 6 atom stereocenters. The lowest BCUT2D eigenvalue weighted by Gasteiger charge is -2.36. The predicted octanol–water partition coefficient (Wildman–Crippen LogP) is 8.48. The van der Waals surface area contributed by atoms with Crippen LogP contribution < -0.4 is 0 Å². The Morgan fingerprint density at radius 1 is 0.524 bits per heavy atom. The number of ketones is 1. The molecule has 350 valence electrons. The molecule has 13 heteroatoms. The van der Waals surface area contributed by atoms with Crippen LogP contribution in [-0.4, -0.2) is 117 Å². The zero-order valence-corrected chi connectivity index (χ0v) is 39.3. The number of amides is 1. The minimum atomic E-state index is -1.06. The number of nitrogens with zero attached hydrogens (tertiary/aromatic N) is 3. The molecule has 13 nitrogen and oxygen atoms in total. The average molecular weight is 878 g/mol. The van der Waals surface area contributed by atoms with Crippen molar-refractivity contribution in [3.63, 3.8) is 0 Å². The van der Waals surface area contributed by atoms with Crippen LogP contribution in [0.2, 0.25) is 0 Å². The quantitative estimate of drug-likeness (QED) is 0.172. The number of hydrogen-bond acceptors (Lipinski definition) is 12. The lowest BCUT2D eigenvalue weighted by molar-refractivity contribution is -0.127. The van der Waals surface area contributed by atoms with Crippen LogP contribution in [0.3, 0.4) is 0 Å². The number of benzene rings is 2. The molecular weight excluding hydrogens is 803 g/mol. The van der Waals surface area contributed by atoms with Crippen molar-refractivity contribution in [2.45, 2.75) is 143 Å². The van der Waals surface area contributed by atoms with E-state index in [-0.39, 0.29) is 30.1 Å².